The van der Waals surface area contributed by atoms with Crippen LogP contribution in [0.15, 0.2) is 40.8 Å². The highest BCUT2D eigenvalue weighted by Gasteiger charge is 2.14. The molecule has 1 aromatic carbocycles. The zero-order valence-electron chi connectivity index (χ0n) is 13.7. The SMILES string of the molecule is C=CCNC(=O)CSc1nc2ccc(Cl)cc2c(=O)n1CC(C)C. The summed E-state index contributed by atoms with van der Waals surface area (Å²) in [5, 5.41) is 4.24. The maximum atomic E-state index is 12.8. The highest BCUT2D eigenvalue weighted by atomic mass is 35.5. The van der Waals surface area contributed by atoms with Crippen LogP contribution >= 0.6 is 23.4 Å². The topological polar surface area (TPSA) is 64.0 Å². The highest BCUT2D eigenvalue weighted by Crippen LogP contribution is 2.21. The van der Waals surface area contributed by atoms with Crippen LogP contribution in [0.3, 0.4) is 0 Å². The van der Waals surface area contributed by atoms with Gasteiger partial charge in [-0.1, -0.05) is 43.3 Å². The number of fused-ring (bicyclic) bond motifs is 1. The molecule has 0 saturated heterocycles. The number of amides is 1. The molecule has 5 nitrogen and oxygen atoms in total. The minimum atomic E-state index is -0.134. The molecule has 0 spiro atoms. The van der Waals surface area contributed by atoms with Crippen molar-refractivity contribution in [3.8, 4) is 0 Å². The first-order chi connectivity index (χ1) is 11.4. The summed E-state index contributed by atoms with van der Waals surface area (Å²) in [7, 11) is 0. The van der Waals surface area contributed by atoms with Crippen LogP contribution in [0.5, 0.6) is 0 Å². The summed E-state index contributed by atoms with van der Waals surface area (Å²) in [6.45, 7) is 8.57. The van der Waals surface area contributed by atoms with E-state index in [1.165, 1.54) is 11.8 Å². The van der Waals surface area contributed by atoms with Crippen molar-refractivity contribution >= 4 is 40.2 Å². The van der Waals surface area contributed by atoms with E-state index in [1.807, 2.05) is 13.8 Å². The molecule has 0 saturated carbocycles. The normalized spacial score (nSPS) is 11.0. The fourth-order valence-electron chi connectivity index (χ4n) is 2.18. The van der Waals surface area contributed by atoms with Gasteiger partial charge < -0.3 is 5.32 Å². The molecule has 0 bridgehead atoms. The average Bonchev–Trinajstić information content (AvgIpc) is 2.54. The van der Waals surface area contributed by atoms with Crippen molar-refractivity contribution in [1.82, 2.24) is 14.9 Å². The quantitative estimate of drug-likeness (QED) is 0.465. The second-order valence-corrected chi connectivity index (χ2v) is 7.13. The number of benzene rings is 1. The largest absolute Gasteiger partial charge is 0.352 e. The van der Waals surface area contributed by atoms with Crippen LogP contribution in [0.25, 0.3) is 10.9 Å². The van der Waals surface area contributed by atoms with Gasteiger partial charge in [-0.2, -0.15) is 0 Å². The molecular formula is C17H20ClN3O2S. The predicted molar refractivity (Wildman–Crippen MR) is 99.8 cm³/mol. The minimum Gasteiger partial charge on any atom is -0.352 e. The molecule has 2 rings (SSSR count). The summed E-state index contributed by atoms with van der Waals surface area (Å²) >= 11 is 7.25. The van der Waals surface area contributed by atoms with Crippen molar-refractivity contribution < 1.29 is 4.79 Å². The molecule has 0 fully saturated rings. The van der Waals surface area contributed by atoms with Crippen LogP contribution in [-0.2, 0) is 11.3 Å². The third-order valence-electron chi connectivity index (χ3n) is 3.20. The van der Waals surface area contributed by atoms with Gasteiger partial charge in [0, 0.05) is 18.1 Å². The van der Waals surface area contributed by atoms with Crippen molar-refractivity contribution in [2.24, 2.45) is 5.92 Å². The summed E-state index contributed by atoms with van der Waals surface area (Å²) in [6.07, 6.45) is 1.62. The number of hydrogen-bond acceptors (Lipinski definition) is 4. The Morgan fingerprint density at radius 1 is 1.50 bits per heavy atom. The van der Waals surface area contributed by atoms with Gasteiger partial charge >= 0.3 is 0 Å². The van der Waals surface area contributed by atoms with Crippen molar-refractivity contribution in [3.63, 3.8) is 0 Å². The maximum Gasteiger partial charge on any atom is 0.262 e. The number of aromatic nitrogens is 2. The summed E-state index contributed by atoms with van der Waals surface area (Å²) in [4.78, 5) is 29.1. The molecule has 1 amide bonds. The van der Waals surface area contributed by atoms with Crippen LogP contribution in [0.1, 0.15) is 13.8 Å². The number of thioether (sulfide) groups is 1. The average molecular weight is 366 g/mol. The number of rotatable bonds is 7. The molecule has 24 heavy (non-hydrogen) atoms. The fraction of sp³-hybridized carbons (Fsp3) is 0.353. The Bertz CT molecular complexity index is 817. The van der Waals surface area contributed by atoms with Gasteiger partial charge in [-0.25, -0.2) is 4.98 Å². The van der Waals surface area contributed by atoms with Gasteiger partial charge in [0.1, 0.15) is 0 Å². The first kappa shape index (κ1) is 18.5. The molecule has 1 N–H and O–H groups in total. The monoisotopic (exact) mass is 365 g/mol. The van der Waals surface area contributed by atoms with E-state index in [0.29, 0.717) is 34.2 Å². The van der Waals surface area contributed by atoms with E-state index in [4.69, 9.17) is 11.6 Å². The Hall–Kier alpha value is -1.79. The molecule has 0 radical (unpaired) electrons. The van der Waals surface area contributed by atoms with Gasteiger partial charge in [0.05, 0.1) is 16.7 Å². The van der Waals surface area contributed by atoms with E-state index in [-0.39, 0.29) is 23.1 Å². The second-order valence-electron chi connectivity index (χ2n) is 5.75. The van der Waals surface area contributed by atoms with Crippen LogP contribution in [0.4, 0.5) is 0 Å². The lowest BCUT2D eigenvalue weighted by Gasteiger charge is -2.15. The molecule has 128 valence electrons. The standard InChI is InChI=1S/C17H20ClN3O2S/c1-4-7-19-15(22)10-24-17-20-14-6-5-12(18)8-13(14)16(23)21(17)9-11(2)3/h4-6,8,11H,1,7,9-10H2,2-3H3,(H,19,22). The van der Waals surface area contributed by atoms with E-state index in [9.17, 15) is 9.59 Å². The van der Waals surface area contributed by atoms with Gasteiger partial charge in [0.2, 0.25) is 5.91 Å². The Balaban J connectivity index is 2.39. The molecule has 0 aliphatic rings. The summed E-state index contributed by atoms with van der Waals surface area (Å²) < 4.78 is 1.62. The van der Waals surface area contributed by atoms with Crippen LogP contribution in [-0.4, -0.2) is 27.8 Å². The predicted octanol–water partition coefficient (Wildman–Crippen LogP) is 3.10. The number of hydrogen-bond donors (Lipinski definition) is 1. The summed E-state index contributed by atoms with van der Waals surface area (Å²) in [5.74, 6) is 0.341. The van der Waals surface area contributed by atoms with E-state index in [0.717, 1.165) is 0 Å². The third-order valence-corrected chi connectivity index (χ3v) is 4.42. The molecule has 1 heterocycles. The van der Waals surface area contributed by atoms with Crippen LogP contribution in [0, 0.1) is 5.92 Å². The Morgan fingerprint density at radius 3 is 2.92 bits per heavy atom. The van der Waals surface area contributed by atoms with E-state index < -0.39 is 0 Å². The van der Waals surface area contributed by atoms with Gasteiger partial charge in [0.25, 0.3) is 5.56 Å². The minimum absolute atomic E-state index is 0.124. The van der Waals surface area contributed by atoms with Gasteiger partial charge in [-0.05, 0) is 24.1 Å². The summed E-state index contributed by atoms with van der Waals surface area (Å²) in [6, 6.07) is 5.06. The first-order valence-corrected chi connectivity index (χ1v) is 8.99. The lowest BCUT2D eigenvalue weighted by molar-refractivity contribution is -0.118. The van der Waals surface area contributed by atoms with Crippen molar-refractivity contribution in [1.29, 1.82) is 0 Å². The lowest BCUT2D eigenvalue weighted by Crippen LogP contribution is -2.28. The van der Waals surface area contributed by atoms with E-state index in [2.05, 4.69) is 16.9 Å². The Morgan fingerprint density at radius 2 is 2.25 bits per heavy atom. The lowest BCUT2D eigenvalue weighted by atomic mass is 10.2. The van der Waals surface area contributed by atoms with Gasteiger partial charge in [-0.15, -0.1) is 6.58 Å². The van der Waals surface area contributed by atoms with E-state index in [1.54, 1.807) is 28.8 Å². The molecule has 0 atom stereocenters. The van der Waals surface area contributed by atoms with Crippen LogP contribution in [0.2, 0.25) is 5.02 Å². The van der Waals surface area contributed by atoms with Crippen LogP contribution < -0.4 is 10.9 Å². The highest BCUT2D eigenvalue weighted by molar-refractivity contribution is 7.99. The van der Waals surface area contributed by atoms with Crippen molar-refractivity contribution in [2.45, 2.75) is 25.5 Å². The zero-order valence-corrected chi connectivity index (χ0v) is 15.3. The smallest absolute Gasteiger partial charge is 0.262 e. The van der Waals surface area contributed by atoms with Crippen molar-refractivity contribution in [3.05, 3.63) is 46.2 Å². The van der Waals surface area contributed by atoms with E-state index >= 15 is 0 Å². The van der Waals surface area contributed by atoms with Gasteiger partial charge in [0.15, 0.2) is 5.16 Å². The molecule has 0 aliphatic heterocycles. The number of nitrogens with one attached hydrogen (secondary N) is 1. The first-order valence-electron chi connectivity index (χ1n) is 7.63. The molecular weight excluding hydrogens is 346 g/mol. The van der Waals surface area contributed by atoms with Gasteiger partial charge in [-0.3, -0.25) is 14.2 Å². The maximum absolute atomic E-state index is 12.8. The second kappa shape index (κ2) is 8.35. The number of nitrogens with zero attached hydrogens (tertiary/aromatic N) is 2. The molecule has 2 aromatic rings. The molecule has 7 heteroatoms. The summed E-state index contributed by atoms with van der Waals surface area (Å²) in [5.41, 5.74) is 0.448. The fourth-order valence-corrected chi connectivity index (χ4v) is 3.19. The third kappa shape index (κ3) is 4.61. The number of carbonyl (C=O) groups is 1. The molecule has 1 aromatic heterocycles. The Labute approximate surface area is 150 Å². The molecule has 0 aliphatic carbocycles. The zero-order chi connectivity index (χ0) is 17.7. The Kier molecular flexibility index (Phi) is 6.45. The number of carbonyl (C=O) groups excluding carboxylic acids is 1. The molecule has 0 unspecified atom stereocenters. The van der Waals surface area contributed by atoms with Crippen molar-refractivity contribution in [2.75, 3.05) is 12.3 Å². The number of halogens is 1.